The number of hydrogen-bond acceptors (Lipinski definition) is 4. The molecule has 0 aliphatic carbocycles. The minimum atomic E-state index is -0.705. The number of benzene rings is 2. The first-order valence-electron chi connectivity index (χ1n) is 10.3. The lowest BCUT2D eigenvalue weighted by atomic mass is 10.1. The van der Waals surface area contributed by atoms with E-state index >= 15 is 0 Å². The molecule has 6 nitrogen and oxygen atoms in total. The summed E-state index contributed by atoms with van der Waals surface area (Å²) in [4.78, 5) is 19.0. The lowest BCUT2D eigenvalue weighted by Gasteiger charge is -2.18. The van der Waals surface area contributed by atoms with Crippen LogP contribution in [0.4, 0.5) is 0 Å². The Morgan fingerprint density at radius 2 is 2.13 bits per heavy atom. The number of ether oxygens (including phenoxy) is 1. The number of likely N-dealkylation sites (tertiary alicyclic amines) is 1. The zero-order valence-electron chi connectivity index (χ0n) is 17.2. The number of aromatic nitrogens is 2. The summed E-state index contributed by atoms with van der Waals surface area (Å²) in [5.41, 5.74) is 2.94. The monoisotopic (exact) mass is 405 g/mol. The SMILES string of the molecule is C=CCN1CC(c2nc3ccccc3n2CC(O)COc2cccc(C)c2)CC1=O. The molecule has 1 fully saturated rings. The number of aliphatic hydroxyl groups excluding tert-OH is 1. The summed E-state index contributed by atoms with van der Waals surface area (Å²) < 4.78 is 7.82. The van der Waals surface area contributed by atoms with Gasteiger partial charge in [-0.3, -0.25) is 4.79 Å². The van der Waals surface area contributed by atoms with Crippen LogP contribution in [0.5, 0.6) is 5.75 Å². The van der Waals surface area contributed by atoms with Crippen LogP contribution in [0.2, 0.25) is 0 Å². The van der Waals surface area contributed by atoms with Crippen molar-refractivity contribution >= 4 is 16.9 Å². The number of aryl methyl sites for hydroxylation is 1. The van der Waals surface area contributed by atoms with E-state index in [1.807, 2.05) is 60.0 Å². The third-order valence-electron chi connectivity index (χ3n) is 5.44. The Labute approximate surface area is 176 Å². The fourth-order valence-electron chi connectivity index (χ4n) is 4.04. The number of imidazole rings is 1. The van der Waals surface area contributed by atoms with Crippen LogP contribution in [0.3, 0.4) is 0 Å². The average molecular weight is 405 g/mol. The number of fused-ring (bicyclic) bond motifs is 1. The summed E-state index contributed by atoms with van der Waals surface area (Å²) in [7, 11) is 0. The van der Waals surface area contributed by atoms with Gasteiger partial charge >= 0.3 is 0 Å². The summed E-state index contributed by atoms with van der Waals surface area (Å²) >= 11 is 0. The van der Waals surface area contributed by atoms with Gasteiger partial charge in [0, 0.05) is 25.4 Å². The van der Waals surface area contributed by atoms with Gasteiger partial charge in [-0.05, 0) is 36.8 Å². The van der Waals surface area contributed by atoms with Gasteiger partial charge in [0.05, 0.1) is 17.6 Å². The second kappa shape index (κ2) is 8.71. The van der Waals surface area contributed by atoms with Crippen LogP contribution in [-0.4, -0.2) is 51.3 Å². The Kier molecular flexibility index (Phi) is 5.86. The van der Waals surface area contributed by atoms with Gasteiger partial charge in [0.15, 0.2) is 0 Å². The highest BCUT2D eigenvalue weighted by Gasteiger charge is 2.33. The van der Waals surface area contributed by atoms with Crippen LogP contribution in [0.25, 0.3) is 11.0 Å². The van der Waals surface area contributed by atoms with Crippen molar-refractivity contribution in [3.63, 3.8) is 0 Å². The highest BCUT2D eigenvalue weighted by atomic mass is 16.5. The van der Waals surface area contributed by atoms with Crippen molar-refractivity contribution in [3.8, 4) is 5.75 Å². The van der Waals surface area contributed by atoms with E-state index in [4.69, 9.17) is 9.72 Å². The zero-order valence-corrected chi connectivity index (χ0v) is 17.2. The van der Waals surface area contributed by atoms with Crippen LogP contribution in [0, 0.1) is 6.92 Å². The van der Waals surface area contributed by atoms with Gasteiger partial charge < -0.3 is 19.3 Å². The number of aliphatic hydroxyl groups is 1. The summed E-state index contributed by atoms with van der Waals surface area (Å²) in [5, 5.41) is 10.7. The highest BCUT2D eigenvalue weighted by molar-refractivity contribution is 5.81. The summed E-state index contributed by atoms with van der Waals surface area (Å²) in [5.74, 6) is 1.69. The van der Waals surface area contributed by atoms with Crippen LogP contribution >= 0.6 is 0 Å². The maximum absolute atomic E-state index is 12.4. The molecule has 6 heteroatoms. The van der Waals surface area contributed by atoms with Gasteiger partial charge in [-0.2, -0.15) is 0 Å². The lowest BCUT2D eigenvalue weighted by Crippen LogP contribution is -2.26. The van der Waals surface area contributed by atoms with E-state index in [9.17, 15) is 9.90 Å². The van der Waals surface area contributed by atoms with Gasteiger partial charge in [0.2, 0.25) is 5.91 Å². The Hall–Kier alpha value is -3.12. The van der Waals surface area contributed by atoms with Crippen LogP contribution < -0.4 is 4.74 Å². The Morgan fingerprint density at radius 3 is 2.93 bits per heavy atom. The van der Waals surface area contributed by atoms with Crippen LogP contribution in [-0.2, 0) is 11.3 Å². The van der Waals surface area contributed by atoms with Crippen molar-refractivity contribution in [2.75, 3.05) is 19.7 Å². The molecule has 0 radical (unpaired) electrons. The third kappa shape index (κ3) is 4.24. The molecule has 1 aliphatic rings. The number of carbonyl (C=O) groups excluding carboxylic acids is 1. The molecule has 0 saturated carbocycles. The van der Waals surface area contributed by atoms with Crippen LogP contribution in [0.15, 0.2) is 61.2 Å². The molecule has 1 aromatic heterocycles. The van der Waals surface area contributed by atoms with E-state index < -0.39 is 6.10 Å². The standard InChI is InChI=1S/C24H27N3O3/c1-3-11-26-14-18(13-23(26)29)24-25-21-9-4-5-10-22(21)27(24)15-19(28)16-30-20-8-6-7-17(2)12-20/h3-10,12,18-19,28H,1,11,13-16H2,2H3. The molecule has 0 bridgehead atoms. The largest absolute Gasteiger partial charge is 0.491 e. The second-order valence-corrected chi connectivity index (χ2v) is 7.84. The van der Waals surface area contributed by atoms with E-state index in [0.717, 1.165) is 28.2 Å². The first-order valence-corrected chi connectivity index (χ1v) is 10.3. The first-order chi connectivity index (χ1) is 14.5. The zero-order chi connectivity index (χ0) is 21.1. The molecule has 3 aromatic rings. The third-order valence-corrected chi connectivity index (χ3v) is 5.44. The molecule has 0 spiro atoms. The van der Waals surface area contributed by atoms with Crippen molar-refractivity contribution in [3.05, 3.63) is 72.6 Å². The minimum absolute atomic E-state index is 0.00487. The molecule has 2 unspecified atom stereocenters. The van der Waals surface area contributed by atoms with Gasteiger partial charge in [0.1, 0.15) is 24.3 Å². The molecule has 1 amide bonds. The van der Waals surface area contributed by atoms with E-state index in [2.05, 4.69) is 6.58 Å². The Balaban J connectivity index is 1.54. The number of hydrogen-bond donors (Lipinski definition) is 1. The van der Waals surface area contributed by atoms with Crippen molar-refractivity contribution in [1.82, 2.24) is 14.5 Å². The Bertz CT molecular complexity index is 1060. The Morgan fingerprint density at radius 1 is 1.30 bits per heavy atom. The molecule has 156 valence electrons. The second-order valence-electron chi connectivity index (χ2n) is 7.84. The lowest BCUT2D eigenvalue weighted by molar-refractivity contribution is -0.127. The number of nitrogens with zero attached hydrogens (tertiary/aromatic N) is 3. The van der Waals surface area contributed by atoms with Gasteiger partial charge in [-0.25, -0.2) is 4.98 Å². The van der Waals surface area contributed by atoms with Crippen LogP contribution in [0.1, 0.15) is 23.7 Å². The maximum Gasteiger partial charge on any atom is 0.223 e. The predicted molar refractivity (Wildman–Crippen MR) is 117 cm³/mol. The molecular formula is C24H27N3O3. The molecule has 2 aromatic carbocycles. The number of amides is 1. The average Bonchev–Trinajstić information content (AvgIpc) is 3.28. The summed E-state index contributed by atoms with van der Waals surface area (Å²) in [6, 6.07) is 15.6. The predicted octanol–water partition coefficient (Wildman–Crippen LogP) is 3.29. The smallest absolute Gasteiger partial charge is 0.223 e. The van der Waals surface area contributed by atoms with E-state index in [-0.39, 0.29) is 18.4 Å². The van der Waals surface area contributed by atoms with Crippen molar-refractivity contribution < 1.29 is 14.6 Å². The molecular weight excluding hydrogens is 378 g/mol. The number of carbonyl (C=O) groups is 1. The van der Waals surface area contributed by atoms with Crippen molar-refractivity contribution in [2.24, 2.45) is 0 Å². The van der Waals surface area contributed by atoms with E-state index in [1.54, 1.807) is 11.0 Å². The molecule has 2 heterocycles. The number of rotatable bonds is 8. The quantitative estimate of drug-likeness (QED) is 0.584. The van der Waals surface area contributed by atoms with Gasteiger partial charge in [-0.1, -0.05) is 30.3 Å². The van der Waals surface area contributed by atoms with Crippen molar-refractivity contribution in [1.29, 1.82) is 0 Å². The topological polar surface area (TPSA) is 67.6 Å². The fraction of sp³-hybridized carbons (Fsp3) is 0.333. The van der Waals surface area contributed by atoms with E-state index in [1.165, 1.54) is 0 Å². The van der Waals surface area contributed by atoms with Gasteiger partial charge in [0.25, 0.3) is 0 Å². The molecule has 4 rings (SSSR count). The van der Waals surface area contributed by atoms with Gasteiger partial charge in [-0.15, -0.1) is 6.58 Å². The maximum atomic E-state index is 12.4. The first kappa shape index (κ1) is 20.2. The normalized spacial score (nSPS) is 17.5. The fourth-order valence-corrected chi connectivity index (χ4v) is 4.04. The molecule has 1 saturated heterocycles. The highest BCUT2D eigenvalue weighted by Crippen LogP contribution is 2.30. The molecule has 2 atom stereocenters. The molecule has 30 heavy (non-hydrogen) atoms. The number of para-hydroxylation sites is 2. The summed E-state index contributed by atoms with van der Waals surface area (Å²) in [6.45, 7) is 7.44. The van der Waals surface area contributed by atoms with E-state index in [0.29, 0.717) is 26.1 Å². The minimum Gasteiger partial charge on any atom is -0.491 e. The molecule has 1 N–H and O–H groups in total. The summed E-state index contributed by atoms with van der Waals surface area (Å²) in [6.07, 6.45) is 1.46. The molecule has 1 aliphatic heterocycles. The van der Waals surface area contributed by atoms with Crippen molar-refractivity contribution in [2.45, 2.75) is 31.9 Å².